The molecule has 0 spiro atoms. The Morgan fingerprint density at radius 3 is 2.65 bits per heavy atom. The van der Waals surface area contributed by atoms with Crippen molar-refractivity contribution in [1.29, 1.82) is 0 Å². The van der Waals surface area contributed by atoms with Crippen molar-refractivity contribution in [1.82, 2.24) is 20.2 Å². The van der Waals surface area contributed by atoms with E-state index >= 15 is 0 Å². The fourth-order valence-corrected chi connectivity index (χ4v) is 5.68. The normalized spacial score (nSPS) is 14.0. The van der Waals surface area contributed by atoms with Gasteiger partial charge in [-0.3, -0.25) is 19.9 Å². The first-order valence-corrected chi connectivity index (χ1v) is 13.5. The van der Waals surface area contributed by atoms with Crippen molar-refractivity contribution in [2.75, 3.05) is 16.0 Å². The molecule has 4 N–H and O–H groups in total. The van der Waals surface area contributed by atoms with Crippen molar-refractivity contribution < 1.29 is 9.18 Å². The topological polar surface area (TPSA) is 108 Å². The molecule has 0 fully saturated rings. The number of hydrogen-bond donors (Lipinski definition) is 4. The summed E-state index contributed by atoms with van der Waals surface area (Å²) in [4.78, 5) is 22.1. The van der Waals surface area contributed by atoms with Gasteiger partial charge >= 0.3 is 0 Å². The van der Waals surface area contributed by atoms with Crippen LogP contribution in [-0.4, -0.2) is 26.1 Å². The van der Waals surface area contributed by atoms with Gasteiger partial charge in [0.1, 0.15) is 6.17 Å². The number of aromatic amines is 1. The SMILES string of the molecule is O=C(Cc1ccccc1)Nc1cncc(-c2ccc3n[nH]c(C4Nc5cncc(-c6ccc(F)s6)c5N4)c3c2)c1. The third-order valence-electron chi connectivity index (χ3n) is 6.81. The Morgan fingerprint density at radius 2 is 1.80 bits per heavy atom. The van der Waals surface area contributed by atoms with Gasteiger partial charge in [0.05, 0.1) is 47.1 Å². The molecule has 8 nitrogen and oxygen atoms in total. The highest BCUT2D eigenvalue weighted by atomic mass is 32.1. The molecule has 1 atom stereocenters. The molecule has 1 amide bonds. The summed E-state index contributed by atoms with van der Waals surface area (Å²) in [6, 6.07) is 20.7. The Hall–Kier alpha value is -5.09. The minimum Gasteiger partial charge on any atom is -0.358 e. The van der Waals surface area contributed by atoms with Crippen LogP contribution in [0.1, 0.15) is 17.4 Å². The molecular formula is C30H22FN7OS. The largest absolute Gasteiger partial charge is 0.358 e. The number of aromatic nitrogens is 4. The van der Waals surface area contributed by atoms with E-state index in [1.165, 1.54) is 6.07 Å². The van der Waals surface area contributed by atoms with E-state index in [-0.39, 0.29) is 23.6 Å². The quantitative estimate of drug-likeness (QED) is 0.187. The van der Waals surface area contributed by atoms with Crippen LogP contribution < -0.4 is 16.0 Å². The predicted molar refractivity (Wildman–Crippen MR) is 156 cm³/mol. The molecule has 4 aromatic heterocycles. The number of halogens is 1. The molecule has 0 saturated heterocycles. The highest BCUT2D eigenvalue weighted by Gasteiger charge is 2.27. The van der Waals surface area contributed by atoms with E-state index in [2.05, 4.69) is 42.2 Å². The maximum absolute atomic E-state index is 13.7. The van der Waals surface area contributed by atoms with Crippen molar-refractivity contribution in [3.8, 4) is 21.6 Å². The fourth-order valence-electron chi connectivity index (χ4n) is 4.93. The Bertz CT molecular complexity index is 1870. The van der Waals surface area contributed by atoms with Crippen LogP contribution in [0, 0.1) is 5.13 Å². The lowest BCUT2D eigenvalue weighted by atomic mass is 10.0. The number of rotatable bonds is 6. The van der Waals surface area contributed by atoms with E-state index in [1.807, 2.05) is 48.5 Å². The van der Waals surface area contributed by atoms with Crippen molar-refractivity contribution in [2.24, 2.45) is 0 Å². The van der Waals surface area contributed by atoms with E-state index in [0.717, 1.165) is 66.4 Å². The summed E-state index contributed by atoms with van der Waals surface area (Å²) in [5.41, 5.74) is 7.59. The second kappa shape index (κ2) is 9.90. The van der Waals surface area contributed by atoms with Crippen LogP contribution in [0.2, 0.25) is 0 Å². The number of amides is 1. The van der Waals surface area contributed by atoms with Gasteiger partial charge in [-0.1, -0.05) is 36.4 Å². The van der Waals surface area contributed by atoms with E-state index in [9.17, 15) is 9.18 Å². The zero-order valence-corrected chi connectivity index (χ0v) is 21.8. The van der Waals surface area contributed by atoms with E-state index in [0.29, 0.717) is 5.69 Å². The van der Waals surface area contributed by atoms with Gasteiger partial charge in [0.15, 0.2) is 5.13 Å². The molecule has 0 aliphatic carbocycles. The third-order valence-corrected chi connectivity index (χ3v) is 7.72. The number of anilines is 3. The van der Waals surface area contributed by atoms with Crippen molar-refractivity contribution in [3.63, 3.8) is 0 Å². The van der Waals surface area contributed by atoms with Gasteiger partial charge in [-0.05, 0) is 41.5 Å². The summed E-state index contributed by atoms with van der Waals surface area (Å²) in [5, 5.41) is 18.3. The second-order valence-electron chi connectivity index (χ2n) is 9.48. The lowest BCUT2D eigenvalue weighted by molar-refractivity contribution is -0.115. The summed E-state index contributed by atoms with van der Waals surface area (Å²) in [5.74, 6) is -0.102. The molecule has 6 aromatic rings. The number of nitrogens with zero attached hydrogens (tertiary/aromatic N) is 3. The van der Waals surface area contributed by atoms with Crippen LogP contribution in [0.15, 0.2) is 91.5 Å². The Labute approximate surface area is 232 Å². The smallest absolute Gasteiger partial charge is 0.228 e. The van der Waals surface area contributed by atoms with Gasteiger partial charge in [0, 0.05) is 33.8 Å². The van der Waals surface area contributed by atoms with Crippen LogP contribution in [0.5, 0.6) is 0 Å². The zero-order chi connectivity index (χ0) is 27.1. The number of nitrogens with one attached hydrogen (secondary N) is 4. The van der Waals surface area contributed by atoms with Crippen molar-refractivity contribution in [2.45, 2.75) is 12.6 Å². The minimum absolute atomic E-state index is 0.102. The third kappa shape index (κ3) is 4.54. The molecule has 0 radical (unpaired) electrons. The predicted octanol–water partition coefficient (Wildman–Crippen LogP) is 6.60. The Kier molecular flexibility index (Phi) is 5.94. The van der Waals surface area contributed by atoms with Crippen LogP contribution in [0.3, 0.4) is 0 Å². The lowest BCUT2D eigenvalue weighted by Crippen LogP contribution is -2.14. The van der Waals surface area contributed by atoms with Crippen LogP contribution in [-0.2, 0) is 11.2 Å². The fraction of sp³-hybridized carbons (Fsp3) is 0.0667. The highest BCUT2D eigenvalue weighted by Crippen LogP contribution is 2.44. The summed E-state index contributed by atoms with van der Waals surface area (Å²) in [7, 11) is 0. The number of carbonyl (C=O) groups excluding carboxylic acids is 1. The molecule has 1 aliphatic rings. The molecule has 5 heterocycles. The summed E-state index contributed by atoms with van der Waals surface area (Å²) >= 11 is 1.09. The van der Waals surface area contributed by atoms with E-state index < -0.39 is 0 Å². The number of pyridine rings is 2. The standard InChI is InChI=1S/C30H22FN7OS/c31-26-9-8-25(40-26)22-15-33-16-24-28(22)36-30(35-24)29-21-12-18(6-7-23(21)37-38-29)19-11-20(14-32-13-19)34-27(39)10-17-4-2-1-3-5-17/h1-9,11-16,30,35-36H,10H2,(H,34,39)(H,37,38). The molecule has 0 bridgehead atoms. The van der Waals surface area contributed by atoms with Crippen molar-refractivity contribution in [3.05, 3.63) is 108 Å². The molecule has 1 aliphatic heterocycles. The monoisotopic (exact) mass is 547 g/mol. The highest BCUT2D eigenvalue weighted by molar-refractivity contribution is 7.14. The van der Waals surface area contributed by atoms with Gasteiger partial charge in [0.2, 0.25) is 5.91 Å². The van der Waals surface area contributed by atoms with Crippen molar-refractivity contribution >= 4 is 45.2 Å². The van der Waals surface area contributed by atoms with Gasteiger partial charge < -0.3 is 16.0 Å². The average molecular weight is 548 g/mol. The molecule has 0 saturated carbocycles. The zero-order valence-electron chi connectivity index (χ0n) is 21.0. The summed E-state index contributed by atoms with van der Waals surface area (Å²) in [6.45, 7) is 0. The number of H-pyrrole nitrogens is 1. The second-order valence-corrected chi connectivity index (χ2v) is 10.5. The number of hydrogen-bond acceptors (Lipinski definition) is 7. The molecule has 2 aromatic carbocycles. The molecule has 7 rings (SSSR count). The Balaban J connectivity index is 1.15. The first-order valence-electron chi connectivity index (χ1n) is 12.6. The summed E-state index contributed by atoms with van der Waals surface area (Å²) in [6.07, 6.45) is 6.91. The minimum atomic E-state index is -0.287. The number of benzene rings is 2. The maximum Gasteiger partial charge on any atom is 0.228 e. The van der Waals surface area contributed by atoms with Crippen LogP contribution in [0.4, 0.5) is 21.5 Å². The number of thiophene rings is 1. The van der Waals surface area contributed by atoms with Gasteiger partial charge in [-0.2, -0.15) is 9.49 Å². The van der Waals surface area contributed by atoms with Gasteiger partial charge in [0.25, 0.3) is 0 Å². The lowest BCUT2D eigenvalue weighted by Gasteiger charge is -2.12. The van der Waals surface area contributed by atoms with Crippen LogP contribution >= 0.6 is 11.3 Å². The van der Waals surface area contributed by atoms with Gasteiger partial charge in [-0.25, -0.2) is 0 Å². The molecule has 1 unspecified atom stereocenters. The maximum atomic E-state index is 13.7. The molecule has 10 heteroatoms. The average Bonchev–Trinajstić information content (AvgIpc) is 3.71. The number of fused-ring (bicyclic) bond motifs is 2. The molecular weight excluding hydrogens is 525 g/mol. The van der Waals surface area contributed by atoms with E-state index in [4.69, 9.17) is 0 Å². The van der Waals surface area contributed by atoms with E-state index in [1.54, 1.807) is 30.9 Å². The first kappa shape index (κ1) is 24.0. The molecule has 40 heavy (non-hydrogen) atoms. The number of carbonyl (C=O) groups is 1. The van der Waals surface area contributed by atoms with Gasteiger partial charge in [-0.15, -0.1) is 11.3 Å². The first-order chi connectivity index (χ1) is 19.6. The molecule has 196 valence electrons. The summed E-state index contributed by atoms with van der Waals surface area (Å²) < 4.78 is 13.7. The Morgan fingerprint density at radius 1 is 0.925 bits per heavy atom. The van der Waals surface area contributed by atoms with Crippen LogP contribution in [0.25, 0.3) is 32.5 Å².